The average Bonchev–Trinajstić information content (AvgIpc) is 2.10. The molecule has 2 atom stereocenters. The van der Waals surface area contributed by atoms with Crippen molar-refractivity contribution in [3.63, 3.8) is 0 Å². The standard InChI is InChI=1S/C12H24N2O/c1-9(2)14-12(15)10-7-5-3-4-6-8-11(10)13/h9-11H,3-8,13H2,1-2H3,(H,14,15). The molecule has 0 heterocycles. The molecular weight excluding hydrogens is 188 g/mol. The Morgan fingerprint density at radius 1 is 1.20 bits per heavy atom. The fourth-order valence-electron chi connectivity index (χ4n) is 2.23. The molecule has 1 fully saturated rings. The van der Waals surface area contributed by atoms with Crippen LogP contribution >= 0.6 is 0 Å². The third-order valence-corrected chi connectivity index (χ3v) is 3.09. The first kappa shape index (κ1) is 12.5. The molecule has 0 radical (unpaired) electrons. The Bertz CT molecular complexity index is 204. The lowest BCUT2D eigenvalue weighted by Gasteiger charge is -2.26. The first-order valence-corrected chi connectivity index (χ1v) is 6.17. The van der Waals surface area contributed by atoms with Crippen molar-refractivity contribution in [1.29, 1.82) is 0 Å². The molecule has 1 aliphatic rings. The van der Waals surface area contributed by atoms with Gasteiger partial charge in [-0.15, -0.1) is 0 Å². The van der Waals surface area contributed by atoms with Crippen LogP contribution < -0.4 is 11.1 Å². The first-order chi connectivity index (χ1) is 7.11. The zero-order chi connectivity index (χ0) is 11.3. The predicted molar refractivity (Wildman–Crippen MR) is 62.4 cm³/mol. The van der Waals surface area contributed by atoms with Crippen LogP contribution in [0.15, 0.2) is 0 Å². The van der Waals surface area contributed by atoms with Gasteiger partial charge < -0.3 is 11.1 Å². The summed E-state index contributed by atoms with van der Waals surface area (Å²) in [6.07, 6.45) is 6.79. The zero-order valence-corrected chi connectivity index (χ0v) is 9.96. The Balaban J connectivity index is 2.50. The summed E-state index contributed by atoms with van der Waals surface area (Å²) in [5.74, 6) is 0.187. The molecule has 0 aliphatic heterocycles. The van der Waals surface area contributed by atoms with Gasteiger partial charge in [0.1, 0.15) is 0 Å². The van der Waals surface area contributed by atoms with Crippen LogP contribution in [0.1, 0.15) is 52.4 Å². The van der Waals surface area contributed by atoms with Gasteiger partial charge in [-0.2, -0.15) is 0 Å². The van der Waals surface area contributed by atoms with Gasteiger partial charge in [-0.05, 0) is 26.7 Å². The molecule has 1 aliphatic carbocycles. The largest absolute Gasteiger partial charge is 0.354 e. The molecule has 0 aromatic heterocycles. The number of hydrogen-bond donors (Lipinski definition) is 2. The molecule has 1 saturated carbocycles. The lowest BCUT2D eigenvalue weighted by Crippen LogP contribution is -2.44. The highest BCUT2D eigenvalue weighted by Crippen LogP contribution is 2.21. The van der Waals surface area contributed by atoms with Crippen LogP contribution in [-0.2, 0) is 4.79 Å². The normalized spacial score (nSPS) is 28.3. The van der Waals surface area contributed by atoms with E-state index in [0.717, 1.165) is 19.3 Å². The minimum absolute atomic E-state index is 0.0349. The van der Waals surface area contributed by atoms with Crippen molar-refractivity contribution in [2.75, 3.05) is 0 Å². The molecule has 88 valence electrons. The van der Waals surface area contributed by atoms with Crippen LogP contribution in [0.2, 0.25) is 0 Å². The second kappa shape index (κ2) is 6.11. The highest BCUT2D eigenvalue weighted by Gasteiger charge is 2.26. The molecule has 0 saturated heterocycles. The van der Waals surface area contributed by atoms with Crippen molar-refractivity contribution in [1.82, 2.24) is 5.32 Å². The SMILES string of the molecule is CC(C)NC(=O)C1CCCCCCC1N. The van der Waals surface area contributed by atoms with Gasteiger partial charge in [-0.25, -0.2) is 0 Å². The first-order valence-electron chi connectivity index (χ1n) is 6.17. The number of nitrogens with two attached hydrogens (primary N) is 1. The van der Waals surface area contributed by atoms with Crippen molar-refractivity contribution in [3.05, 3.63) is 0 Å². The Kier molecular flexibility index (Phi) is 5.09. The highest BCUT2D eigenvalue weighted by atomic mass is 16.1. The van der Waals surface area contributed by atoms with Crippen LogP contribution in [-0.4, -0.2) is 18.0 Å². The second-order valence-electron chi connectivity index (χ2n) is 4.93. The van der Waals surface area contributed by atoms with Crippen LogP contribution in [0.4, 0.5) is 0 Å². The smallest absolute Gasteiger partial charge is 0.224 e. The van der Waals surface area contributed by atoms with Crippen molar-refractivity contribution in [2.24, 2.45) is 11.7 Å². The van der Waals surface area contributed by atoms with Gasteiger partial charge >= 0.3 is 0 Å². The van der Waals surface area contributed by atoms with Crippen LogP contribution in [0, 0.1) is 5.92 Å². The van der Waals surface area contributed by atoms with E-state index < -0.39 is 0 Å². The molecule has 0 spiro atoms. The fraction of sp³-hybridized carbons (Fsp3) is 0.917. The number of amides is 1. The third-order valence-electron chi connectivity index (χ3n) is 3.09. The maximum absolute atomic E-state index is 11.9. The Hall–Kier alpha value is -0.570. The molecular formula is C12H24N2O. The van der Waals surface area contributed by atoms with E-state index in [0.29, 0.717) is 0 Å². The summed E-state index contributed by atoms with van der Waals surface area (Å²) in [5, 5.41) is 2.97. The number of nitrogens with one attached hydrogen (secondary N) is 1. The van der Waals surface area contributed by atoms with Crippen molar-refractivity contribution < 1.29 is 4.79 Å². The molecule has 0 aromatic rings. The summed E-state index contributed by atoms with van der Waals surface area (Å²) in [7, 11) is 0. The highest BCUT2D eigenvalue weighted by molar-refractivity contribution is 5.79. The van der Waals surface area contributed by atoms with Gasteiger partial charge in [-0.1, -0.05) is 25.7 Å². The number of hydrogen-bond acceptors (Lipinski definition) is 2. The summed E-state index contributed by atoms with van der Waals surface area (Å²) >= 11 is 0. The van der Waals surface area contributed by atoms with E-state index in [1.807, 2.05) is 13.8 Å². The second-order valence-corrected chi connectivity index (χ2v) is 4.93. The topological polar surface area (TPSA) is 55.1 Å². The van der Waals surface area contributed by atoms with E-state index in [1.165, 1.54) is 19.3 Å². The monoisotopic (exact) mass is 212 g/mol. The van der Waals surface area contributed by atoms with Crippen LogP contribution in [0.25, 0.3) is 0 Å². The third kappa shape index (κ3) is 4.20. The Morgan fingerprint density at radius 3 is 2.40 bits per heavy atom. The van der Waals surface area contributed by atoms with E-state index in [2.05, 4.69) is 5.32 Å². The number of rotatable bonds is 2. The van der Waals surface area contributed by atoms with Gasteiger partial charge in [0, 0.05) is 12.1 Å². The maximum Gasteiger partial charge on any atom is 0.224 e. The molecule has 1 amide bonds. The average molecular weight is 212 g/mol. The minimum atomic E-state index is 0.0349. The van der Waals surface area contributed by atoms with Gasteiger partial charge in [0.15, 0.2) is 0 Å². The zero-order valence-electron chi connectivity index (χ0n) is 9.96. The molecule has 3 nitrogen and oxygen atoms in total. The van der Waals surface area contributed by atoms with E-state index >= 15 is 0 Å². The van der Waals surface area contributed by atoms with Crippen molar-refractivity contribution in [3.8, 4) is 0 Å². The maximum atomic E-state index is 11.9. The fourth-order valence-corrected chi connectivity index (χ4v) is 2.23. The van der Waals surface area contributed by atoms with E-state index in [-0.39, 0.29) is 23.9 Å². The van der Waals surface area contributed by atoms with Gasteiger partial charge in [0.2, 0.25) is 5.91 Å². The molecule has 3 N–H and O–H groups in total. The van der Waals surface area contributed by atoms with Crippen LogP contribution in [0.3, 0.4) is 0 Å². The molecule has 2 unspecified atom stereocenters. The van der Waals surface area contributed by atoms with Gasteiger partial charge in [0.25, 0.3) is 0 Å². The molecule has 3 heteroatoms. The lowest BCUT2D eigenvalue weighted by atomic mass is 9.86. The minimum Gasteiger partial charge on any atom is -0.354 e. The molecule has 0 aromatic carbocycles. The summed E-state index contributed by atoms with van der Waals surface area (Å²) in [6, 6.07) is 0.277. The van der Waals surface area contributed by atoms with E-state index in [9.17, 15) is 4.79 Å². The lowest BCUT2D eigenvalue weighted by molar-refractivity contribution is -0.126. The number of carbonyl (C=O) groups is 1. The summed E-state index contributed by atoms with van der Waals surface area (Å²) in [4.78, 5) is 11.9. The molecule has 15 heavy (non-hydrogen) atoms. The molecule has 0 bridgehead atoms. The van der Waals surface area contributed by atoms with Crippen molar-refractivity contribution in [2.45, 2.75) is 64.5 Å². The van der Waals surface area contributed by atoms with Gasteiger partial charge in [0.05, 0.1) is 5.92 Å². The Labute approximate surface area is 92.8 Å². The van der Waals surface area contributed by atoms with Crippen molar-refractivity contribution >= 4 is 5.91 Å². The van der Waals surface area contributed by atoms with Crippen LogP contribution in [0.5, 0.6) is 0 Å². The van der Waals surface area contributed by atoms with E-state index in [1.54, 1.807) is 0 Å². The summed E-state index contributed by atoms with van der Waals surface area (Å²) < 4.78 is 0. The summed E-state index contributed by atoms with van der Waals surface area (Å²) in [6.45, 7) is 3.98. The predicted octanol–water partition coefficient (Wildman–Crippen LogP) is 1.81. The van der Waals surface area contributed by atoms with Gasteiger partial charge in [-0.3, -0.25) is 4.79 Å². The van der Waals surface area contributed by atoms with E-state index in [4.69, 9.17) is 5.73 Å². The molecule has 1 rings (SSSR count). The summed E-state index contributed by atoms with van der Waals surface area (Å²) in [5.41, 5.74) is 6.06. The quantitative estimate of drug-likeness (QED) is 0.733. The Morgan fingerprint density at radius 2 is 1.80 bits per heavy atom. The number of carbonyl (C=O) groups excluding carboxylic acids is 1.